The van der Waals surface area contributed by atoms with Gasteiger partial charge in [-0.15, -0.1) is 0 Å². The number of anilines is 4. The average molecular weight is 421 g/mol. The normalized spacial score (nSPS) is 12.5. The lowest BCUT2D eigenvalue weighted by molar-refractivity contribution is -0.137. The lowest BCUT2D eigenvalue weighted by Gasteiger charge is -2.15. The van der Waals surface area contributed by atoms with Crippen LogP contribution in [0.2, 0.25) is 5.02 Å². The molecule has 2 N–H and O–H groups in total. The monoisotopic (exact) mass is 420 g/mol. The van der Waals surface area contributed by atoms with Gasteiger partial charge in [-0.05, 0) is 54.3 Å². The zero-order chi connectivity index (χ0) is 21.0. The van der Waals surface area contributed by atoms with Gasteiger partial charge >= 0.3 is 6.18 Å². The SMILES string of the molecule is CCC(C)c1ccc(Nc2ncc(C(F)(F)F)c(Nc3ccc(Cl)cc3)n2)cc1. The van der Waals surface area contributed by atoms with Gasteiger partial charge in [0.2, 0.25) is 5.95 Å². The van der Waals surface area contributed by atoms with Crippen LogP contribution in [-0.2, 0) is 6.18 Å². The summed E-state index contributed by atoms with van der Waals surface area (Å²) in [5.74, 6) is 0.154. The van der Waals surface area contributed by atoms with E-state index in [4.69, 9.17) is 11.6 Å². The third-order valence-electron chi connectivity index (χ3n) is 4.55. The molecule has 0 radical (unpaired) electrons. The predicted molar refractivity (Wildman–Crippen MR) is 110 cm³/mol. The predicted octanol–water partition coefficient (Wildman–Crippen LogP) is 7.15. The summed E-state index contributed by atoms with van der Waals surface area (Å²) >= 11 is 5.83. The van der Waals surface area contributed by atoms with Gasteiger partial charge in [0.05, 0.1) is 0 Å². The van der Waals surface area contributed by atoms with Gasteiger partial charge in [0.15, 0.2) is 0 Å². The maximum absolute atomic E-state index is 13.4. The Morgan fingerprint density at radius 3 is 2.14 bits per heavy atom. The third kappa shape index (κ3) is 5.38. The molecular weight excluding hydrogens is 401 g/mol. The number of hydrogen-bond donors (Lipinski definition) is 2. The Bertz CT molecular complexity index is 957. The fraction of sp³-hybridized carbons (Fsp3) is 0.238. The van der Waals surface area contributed by atoms with E-state index in [2.05, 4.69) is 34.4 Å². The lowest BCUT2D eigenvalue weighted by atomic mass is 9.99. The molecule has 3 aromatic rings. The molecule has 2 aromatic carbocycles. The van der Waals surface area contributed by atoms with E-state index in [0.29, 0.717) is 22.3 Å². The number of rotatable bonds is 6. The summed E-state index contributed by atoms with van der Waals surface area (Å²) in [5, 5.41) is 6.13. The van der Waals surface area contributed by atoms with Crippen LogP contribution in [0.15, 0.2) is 54.7 Å². The first-order valence-corrected chi connectivity index (χ1v) is 9.48. The van der Waals surface area contributed by atoms with Crippen molar-refractivity contribution >= 4 is 34.7 Å². The number of nitrogens with zero attached hydrogens (tertiary/aromatic N) is 2. The summed E-state index contributed by atoms with van der Waals surface area (Å²) in [5.41, 5.74) is 1.36. The fourth-order valence-electron chi connectivity index (χ4n) is 2.67. The van der Waals surface area contributed by atoms with Crippen LogP contribution < -0.4 is 10.6 Å². The second-order valence-corrected chi connectivity index (χ2v) is 7.08. The molecule has 3 rings (SSSR count). The third-order valence-corrected chi connectivity index (χ3v) is 4.80. The lowest BCUT2D eigenvalue weighted by Crippen LogP contribution is -2.12. The summed E-state index contributed by atoms with van der Waals surface area (Å²) in [4.78, 5) is 7.87. The second-order valence-electron chi connectivity index (χ2n) is 6.64. The molecule has 1 aromatic heterocycles. The molecular formula is C21H20ClF3N4. The molecule has 4 nitrogen and oxygen atoms in total. The molecule has 0 saturated carbocycles. The first kappa shape index (κ1) is 20.9. The van der Waals surface area contributed by atoms with Crippen molar-refractivity contribution in [2.45, 2.75) is 32.4 Å². The Kier molecular flexibility index (Phi) is 6.27. The summed E-state index contributed by atoms with van der Waals surface area (Å²) < 4.78 is 40.1. The fourth-order valence-corrected chi connectivity index (χ4v) is 2.80. The van der Waals surface area contributed by atoms with Crippen LogP contribution in [0.4, 0.5) is 36.3 Å². The van der Waals surface area contributed by atoms with Gasteiger partial charge in [0, 0.05) is 22.6 Å². The van der Waals surface area contributed by atoms with E-state index in [9.17, 15) is 13.2 Å². The van der Waals surface area contributed by atoms with Crippen molar-refractivity contribution in [1.29, 1.82) is 0 Å². The van der Waals surface area contributed by atoms with Crippen molar-refractivity contribution in [3.8, 4) is 0 Å². The van der Waals surface area contributed by atoms with Crippen LogP contribution in [0.1, 0.15) is 37.3 Å². The highest BCUT2D eigenvalue weighted by Crippen LogP contribution is 2.35. The maximum atomic E-state index is 13.4. The number of aromatic nitrogens is 2. The molecule has 0 bridgehead atoms. The van der Waals surface area contributed by atoms with Gasteiger partial charge in [-0.2, -0.15) is 18.2 Å². The van der Waals surface area contributed by atoms with E-state index in [-0.39, 0.29) is 11.8 Å². The van der Waals surface area contributed by atoms with Gasteiger partial charge in [-0.1, -0.05) is 37.6 Å². The first-order chi connectivity index (χ1) is 13.8. The molecule has 0 saturated heterocycles. The Hall–Kier alpha value is -2.80. The molecule has 0 fully saturated rings. The number of alkyl halides is 3. The molecule has 29 heavy (non-hydrogen) atoms. The van der Waals surface area contributed by atoms with Crippen LogP contribution >= 0.6 is 11.6 Å². The molecule has 1 unspecified atom stereocenters. The van der Waals surface area contributed by atoms with Crippen molar-refractivity contribution in [3.05, 3.63) is 70.9 Å². The Morgan fingerprint density at radius 2 is 1.55 bits per heavy atom. The van der Waals surface area contributed by atoms with Crippen molar-refractivity contribution in [2.24, 2.45) is 0 Å². The molecule has 1 heterocycles. The van der Waals surface area contributed by atoms with Crippen molar-refractivity contribution in [3.63, 3.8) is 0 Å². The van der Waals surface area contributed by atoms with Crippen molar-refractivity contribution < 1.29 is 13.2 Å². The van der Waals surface area contributed by atoms with E-state index in [1.807, 2.05) is 24.3 Å². The van der Waals surface area contributed by atoms with Gasteiger partial charge in [-0.3, -0.25) is 0 Å². The molecule has 152 valence electrons. The minimum Gasteiger partial charge on any atom is -0.340 e. The van der Waals surface area contributed by atoms with E-state index in [1.165, 1.54) is 5.56 Å². The highest BCUT2D eigenvalue weighted by atomic mass is 35.5. The van der Waals surface area contributed by atoms with E-state index < -0.39 is 11.7 Å². The molecule has 0 spiro atoms. The number of benzene rings is 2. The molecule has 0 aliphatic carbocycles. The van der Waals surface area contributed by atoms with Gasteiger partial charge in [-0.25, -0.2) is 4.98 Å². The van der Waals surface area contributed by atoms with Crippen LogP contribution in [0.25, 0.3) is 0 Å². The molecule has 1 atom stereocenters. The minimum absolute atomic E-state index is 0.0609. The molecule has 0 aliphatic heterocycles. The molecule has 0 aliphatic rings. The van der Waals surface area contributed by atoms with Crippen LogP contribution in [0.5, 0.6) is 0 Å². The first-order valence-electron chi connectivity index (χ1n) is 9.10. The Morgan fingerprint density at radius 1 is 0.966 bits per heavy atom. The standard InChI is InChI=1S/C21H20ClF3N4/c1-3-13(2)14-4-8-17(9-5-14)28-20-26-12-18(21(23,24)25)19(29-20)27-16-10-6-15(22)7-11-16/h4-13H,3H2,1-2H3,(H2,26,27,28,29). The second kappa shape index (κ2) is 8.69. The maximum Gasteiger partial charge on any atom is 0.421 e. The van der Waals surface area contributed by atoms with Crippen LogP contribution in [-0.4, -0.2) is 9.97 Å². The van der Waals surface area contributed by atoms with Gasteiger partial charge < -0.3 is 10.6 Å². The quantitative estimate of drug-likeness (QED) is 0.444. The number of nitrogens with one attached hydrogen (secondary N) is 2. The number of halogens is 4. The van der Waals surface area contributed by atoms with Gasteiger partial charge in [0.1, 0.15) is 11.4 Å². The van der Waals surface area contributed by atoms with E-state index in [0.717, 1.165) is 12.6 Å². The topological polar surface area (TPSA) is 49.8 Å². The van der Waals surface area contributed by atoms with Crippen LogP contribution in [0.3, 0.4) is 0 Å². The zero-order valence-corrected chi connectivity index (χ0v) is 16.6. The van der Waals surface area contributed by atoms with Crippen molar-refractivity contribution in [2.75, 3.05) is 10.6 Å². The number of hydrogen-bond acceptors (Lipinski definition) is 4. The largest absolute Gasteiger partial charge is 0.421 e. The molecule has 8 heteroatoms. The Labute approximate surface area is 172 Å². The smallest absolute Gasteiger partial charge is 0.340 e. The van der Waals surface area contributed by atoms with Crippen molar-refractivity contribution in [1.82, 2.24) is 9.97 Å². The van der Waals surface area contributed by atoms with Crippen LogP contribution in [0, 0.1) is 0 Å². The average Bonchev–Trinajstić information content (AvgIpc) is 2.69. The summed E-state index contributed by atoms with van der Waals surface area (Å²) in [6.07, 6.45) is -2.80. The van der Waals surface area contributed by atoms with Gasteiger partial charge in [0.25, 0.3) is 0 Å². The summed E-state index contributed by atoms with van der Waals surface area (Å²) in [7, 11) is 0. The zero-order valence-electron chi connectivity index (χ0n) is 15.9. The highest BCUT2D eigenvalue weighted by molar-refractivity contribution is 6.30. The highest BCUT2D eigenvalue weighted by Gasteiger charge is 2.35. The van der Waals surface area contributed by atoms with E-state index in [1.54, 1.807) is 24.3 Å². The summed E-state index contributed by atoms with van der Waals surface area (Å²) in [6.45, 7) is 4.25. The molecule has 0 amide bonds. The van der Waals surface area contributed by atoms with E-state index >= 15 is 0 Å². The Balaban J connectivity index is 1.87. The summed E-state index contributed by atoms with van der Waals surface area (Å²) in [6, 6.07) is 14.0. The minimum atomic E-state index is -4.59.